The first-order valence-corrected chi connectivity index (χ1v) is 13.8. The summed E-state index contributed by atoms with van der Waals surface area (Å²) in [7, 11) is 3.96. The van der Waals surface area contributed by atoms with Crippen molar-refractivity contribution in [3.63, 3.8) is 0 Å². The van der Waals surface area contributed by atoms with Crippen molar-refractivity contribution in [3.8, 4) is 17.0 Å². The molecule has 2 aromatic heterocycles. The second kappa shape index (κ2) is 12.5. The van der Waals surface area contributed by atoms with Crippen molar-refractivity contribution in [1.82, 2.24) is 19.9 Å². The third-order valence-electron chi connectivity index (χ3n) is 6.93. The van der Waals surface area contributed by atoms with Crippen molar-refractivity contribution in [2.24, 2.45) is 0 Å². The van der Waals surface area contributed by atoms with Gasteiger partial charge in [-0.2, -0.15) is 0 Å². The first-order chi connectivity index (χ1) is 18.9. The van der Waals surface area contributed by atoms with Crippen LogP contribution < -0.4 is 10.1 Å². The zero-order valence-corrected chi connectivity index (χ0v) is 23.1. The van der Waals surface area contributed by atoms with Crippen molar-refractivity contribution >= 4 is 34.2 Å². The number of anilines is 1. The number of allylic oxidation sites excluding steroid dienone is 1. The molecule has 7 nitrogen and oxygen atoms in total. The van der Waals surface area contributed by atoms with E-state index in [2.05, 4.69) is 21.4 Å². The van der Waals surface area contributed by atoms with E-state index in [1.54, 1.807) is 12.3 Å². The number of para-hydroxylation sites is 1. The van der Waals surface area contributed by atoms with Crippen LogP contribution in [0.15, 0.2) is 73.1 Å². The average Bonchev–Trinajstić information content (AvgIpc) is 3.35. The van der Waals surface area contributed by atoms with Crippen molar-refractivity contribution in [1.29, 1.82) is 0 Å². The van der Waals surface area contributed by atoms with E-state index in [0.29, 0.717) is 23.1 Å². The molecule has 0 aliphatic heterocycles. The molecule has 2 N–H and O–H groups in total. The van der Waals surface area contributed by atoms with Gasteiger partial charge in [-0.15, -0.1) is 0 Å². The molecule has 5 rings (SSSR count). The van der Waals surface area contributed by atoms with Gasteiger partial charge in [-0.25, -0.2) is 9.97 Å². The molecule has 0 spiro atoms. The van der Waals surface area contributed by atoms with Crippen LogP contribution in [0.4, 0.5) is 5.95 Å². The van der Waals surface area contributed by atoms with Crippen LogP contribution in [0.5, 0.6) is 5.75 Å². The molecule has 2 heterocycles. The minimum atomic E-state index is 0.0955. The van der Waals surface area contributed by atoms with Gasteiger partial charge in [-0.1, -0.05) is 48.0 Å². The Bertz CT molecular complexity index is 1450. The number of aromatic amines is 1. The predicted molar refractivity (Wildman–Crippen MR) is 157 cm³/mol. The lowest BCUT2D eigenvalue weighted by molar-refractivity contribution is -0.114. The first kappa shape index (κ1) is 26.9. The van der Waals surface area contributed by atoms with Crippen molar-refractivity contribution in [2.45, 2.75) is 44.2 Å². The highest BCUT2D eigenvalue weighted by Gasteiger charge is 2.24. The van der Waals surface area contributed by atoms with Gasteiger partial charge in [-0.3, -0.25) is 4.79 Å². The Morgan fingerprint density at radius 2 is 2.00 bits per heavy atom. The summed E-state index contributed by atoms with van der Waals surface area (Å²) in [5.74, 6) is 1.49. The fraction of sp³-hybridized carbons (Fsp3) is 0.323. The van der Waals surface area contributed by atoms with Gasteiger partial charge in [0.15, 0.2) is 5.78 Å². The minimum absolute atomic E-state index is 0.0955. The van der Waals surface area contributed by atoms with E-state index in [9.17, 15) is 4.79 Å². The van der Waals surface area contributed by atoms with Gasteiger partial charge in [0.2, 0.25) is 5.95 Å². The molecule has 2 atom stereocenters. The highest BCUT2D eigenvalue weighted by molar-refractivity contribution is 6.33. The number of nitrogens with zero attached hydrogens (tertiary/aromatic N) is 3. The average molecular weight is 544 g/mol. The number of benzene rings is 2. The van der Waals surface area contributed by atoms with Crippen LogP contribution in [0.1, 0.15) is 31.2 Å². The molecule has 1 aliphatic rings. The number of ether oxygens (including phenoxy) is 1. The lowest BCUT2D eigenvalue weighted by atomic mass is 9.93. The molecule has 1 aliphatic carbocycles. The zero-order chi connectivity index (χ0) is 27.2. The van der Waals surface area contributed by atoms with Gasteiger partial charge in [0.05, 0.1) is 16.9 Å². The number of rotatable bonds is 10. The normalized spacial score (nSPS) is 17.6. The number of hydrogen-bond donors (Lipinski definition) is 2. The Kier molecular flexibility index (Phi) is 8.59. The molecule has 0 radical (unpaired) electrons. The second-order valence-electron chi connectivity index (χ2n) is 10.3. The lowest BCUT2D eigenvalue weighted by Crippen LogP contribution is -2.33. The number of nitrogens with one attached hydrogen (secondary N) is 2. The van der Waals surface area contributed by atoms with Crippen LogP contribution >= 0.6 is 11.6 Å². The van der Waals surface area contributed by atoms with Crippen molar-refractivity contribution in [2.75, 3.05) is 26.0 Å². The Morgan fingerprint density at radius 3 is 2.82 bits per heavy atom. The van der Waals surface area contributed by atoms with Crippen molar-refractivity contribution in [3.05, 3.63) is 83.7 Å². The van der Waals surface area contributed by atoms with E-state index in [4.69, 9.17) is 21.3 Å². The molecule has 0 amide bonds. The van der Waals surface area contributed by atoms with E-state index in [1.165, 1.54) is 0 Å². The van der Waals surface area contributed by atoms with Crippen LogP contribution in [0.2, 0.25) is 5.02 Å². The summed E-state index contributed by atoms with van der Waals surface area (Å²) < 4.78 is 6.31. The summed E-state index contributed by atoms with van der Waals surface area (Å²) in [5, 5.41) is 5.10. The zero-order valence-electron chi connectivity index (χ0n) is 22.4. The van der Waals surface area contributed by atoms with Gasteiger partial charge in [-0.05, 0) is 63.2 Å². The SMILES string of the molecule is CN(C)C/C=C/C(=O)Cc1ccc(OC2CCCC(Nc3ncc(Cl)c(-c4c[nH]c5ccccc45)n3)C2)cc1. The number of hydrogen-bond acceptors (Lipinski definition) is 6. The molecule has 4 aromatic rings. The number of aromatic nitrogens is 3. The Morgan fingerprint density at radius 1 is 1.18 bits per heavy atom. The minimum Gasteiger partial charge on any atom is -0.490 e. The summed E-state index contributed by atoms with van der Waals surface area (Å²) in [6.45, 7) is 0.755. The third-order valence-corrected chi connectivity index (χ3v) is 7.20. The molecule has 1 saturated carbocycles. The van der Waals surface area contributed by atoms with Gasteiger partial charge >= 0.3 is 0 Å². The van der Waals surface area contributed by atoms with Crippen molar-refractivity contribution < 1.29 is 9.53 Å². The Labute approximate surface area is 234 Å². The number of carbonyl (C=O) groups is 1. The van der Waals surface area contributed by atoms with Crippen LogP contribution in [0.25, 0.3) is 22.2 Å². The van der Waals surface area contributed by atoms with Gasteiger partial charge in [0.1, 0.15) is 11.9 Å². The topological polar surface area (TPSA) is 83.1 Å². The van der Waals surface area contributed by atoms with E-state index in [-0.39, 0.29) is 17.9 Å². The third kappa shape index (κ3) is 7.05. The summed E-state index contributed by atoms with van der Waals surface area (Å²) in [6, 6.07) is 16.2. The Balaban J connectivity index is 1.18. The van der Waals surface area contributed by atoms with Crippen LogP contribution in [0.3, 0.4) is 0 Å². The molecule has 39 heavy (non-hydrogen) atoms. The molecule has 0 bridgehead atoms. The number of likely N-dealkylation sites (N-methyl/N-ethyl adjacent to an activating group) is 1. The molecular weight excluding hydrogens is 510 g/mol. The number of H-pyrrole nitrogens is 1. The fourth-order valence-corrected chi connectivity index (χ4v) is 5.18. The lowest BCUT2D eigenvalue weighted by Gasteiger charge is -2.30. The van der Waals surface area contributed by atoms with Crippen LogP contribution in [-0.2, 0) is 11.2 Å². The summed E-state index contributed by atoms with van der Waals surface area (Å²) in [6.07, 6.45) is 11.6. The van der Waals surface area contributed by atoms with E-state index in [1.807, 2.05) is 73.7 Å². The molecule has 2 aromatic carbocycles. The smallest absolute Gasteiger partial charge is 0.223 e. The van der Waals surface area contributed by atoms with Crippen LogP contribution in [0, 0.1) is 0 Å². The van der Waals surface area contributed by atoms with E-state index < -0.39 is 0 Å². The maximum Gasteiger partial charge on any atom is 0.223 e. The quantitative estimate of drug-likeness (QED) is 0.228. The highest BCUT2D eigenvalue weighted by Crippen LogP contribution is 2.33. The number of ketones is 1. The summed E-state index contributed by atoms with van der Waals surface area (Å²) in [5.41, 5.74) is 3.69. The highest BCUT2D eigenvalue weighted by atomic mass is 35.5. The van der Waals surface area contributed by atoms with Gasteiger partial charge in [0, 0.05) is 48.1 Å². The largest absolute Gasteiger partial charge is 0.490 e. The summed E-state index contributed by atoms with van der Waals surface area (Å²) in [4.78, 5) is 26.7. The fourth-order valence-electron chi connectivity index (χ4n) is 4.99. The predicted octanol–water partition coefficient (Wildman–Crippen LogP) is 6.31. The maximum absolute atomic E-state index is 12.2. The van der Waals surface area contributed by atoms with Gasteiger partial charge in [0.25, 0.3) is 0 Å². The van der Waals surface area contributed by atoms with E-state index >= 15 is 0 Å². The number of fused-ring (bicyclic) bond motifs is 1. The second-order valence-corrected chi connectivity index (χ2v) is 10.7. The molecule has 0 saturated heterocycles. The molecular formula is C31H34ClN5O2. The van der Waals surface area contributed by atoms with E-state index in [0.717, 1.165) is 60.0 Å². The molecule has 8 heteroatoms. The number of halogens is 1. The molecule has 1 fully saturated rings. The molecule has 202 valence electrons. The standard InChI is InChI=1S/C31H34ClN5O2/c1-37(2)16-6-8-23(38)17-21-12-14-24(15-13-21)39-25-9-5-7-22(18-25)35-31-34-20-28(32)30(36-31)27-19-33-29-11-4-3-10-26(27)29/h3-4,6,8,10-15,19-20,22,25,33H,5,7,9,16-18H2,1-2H3,(H,34,35,36)/b8-6+. The Hall–Kier alpha value is -3.68. The molecule has 2 unspecified atom stereocenters. The number of carbonyl (C=O) groups excluding carboxylic acids is 1. The van der Waals surface area contributed by atoms with Crippen LogP contribution in [-0.4, -0.2) is 58.4 Å². The summed E-state index contributed by atoms with van der Waals surface area (Å²) >= 11 is 6.51. The monoisotopic (exact) mass is 543 g/mol. The maximum atomic E-state index is 12.2. The first-order valence-electron chi connectivity index (χ1n) is 13.4. The van der Waals surface area contributed by atoms with Gasteiger partial charge < -0.3 is 19.9 Å².